The Morgan fingerprint density at radius 3 is 2.49 bits per heavy atom. The first-order valence-electron chi connectivity index (χ1n) is 11.8. The van der Waals surface area contributed by atoms with Crippen molar-refractivity contribution < 1.29 is 9.53 Å². The van der Waals surface area contributed by atoms with Gasteiger partial charge in [0.15, 0.2) is 0 Å². The van der Waals surface area contributed by atoms with E-state index in [0.29, 0.717) is 42.2 Å². The van der Waals surface area contributed by atoms with Gasteiger partial charge in [0.1, 0.15) is 5.82 Å². The van der Waals surface area contributed by atoms with Gasteiger partial charge in [-0.25, -0.2) is 4.98 Å². The summed E-state index contributed by atoms with van der Waals surface area (Å²) >= 11 is 0. The molecule has 7 heteroatoms. The zero-order chi connectivity index (χ0) is 24.8. The predicted molar refractivity (Wildman–Crippen MR) is 137 cm³/mol. The molecule has 4 rings (SSSR count). The summed E-state index contributed by atoms with van der Waals surface area (Å²) in [6.07, 6.45) is 3.58. The second-order valence-corrected chi connectivity index (χ2v) is 8.46. The molecule has 0 saturated carbocycles. The van der Waals surface area contributed by atoms with Crippen molar-refractivity contribution in [1.82, 2.24) is 19.4 Å². The number of aromatic nitrogens is 3. The van der Waals surface area contributed by atoms with Crippen molar-refractivity contribution in [2.24, 2.45) is 0 Å². The number of hydrogen-bond acceptors (Lipinski definition) is 5. The molecule has 180 valence electrons. The molecule has 0 radical (unpaired) electrons. The molecule has 0 aliphatic rings. The van der Waals surface area contributed by atoms with Gasteiger partial charge >= 0.3 is 0 Å². The first-order chi connectivity index (χ1) is 17.0. The van der Waals surface area contributed by atoms with Gasteiger partial charge in [-0.3, -0.25) is 19.1 Å². The molecule has 1 atom stereocenters. The van der Waals surface area contributed by atoms with Crippen molar-refractivity contribution in [1.29, 1.82) is 0 Å². The molecular formula is C28H30N4O3. The SMILES string of the molecule is CCOCCN(C(=O)Cc1ccncc1)C(C)c1nc2ccccc2c(=O)n1-c1ccc(C)cc1. The zero-order valence-electron chi connectivity index (χ0n) is 20.3. The quantitative estimate of drug-likeness (QED) is 0.342. The largest absolute Gasteiger partial charge is 0.380 e. The summed E-state index contributed by atoms with van der Waals surface area (Å²) in [6.45, 7) is 7.18. The van der Waals surface area contributed by atoms with Gasteiger partial charge in [-0.2, -0.15) is 0 Å². The number of fused-ring (bicyclic) bond motifs is 1. The third-order valence-electron chi connectivity index (χ3n) is 6.04. The monoisotopic (exact) mass is 470 g/mol. The highest BCUT2D eigenvalue weighted by Crippen LogP contribution is 2.24. The zero-order valence-corrected chi connectivity index (χ0v) is 20.3. The van der Waals surface area contributed by atoms with Gasteiger partial charge in [-0.15, -0.1) is 0 Å². The summed E-state index contributed by atoms with van der Waals surface area (Å²) in [6, 6.07) is 18.3. The molecule has 2 heterocycles. The van der Waals surface area contributed by atoms with Gasteiger partial charge in [0, 0.05) is 25.5 Å². The van der Waals surface area contributed by atoms with Crippen LogP contribution in [-0.4, -0.2) is 45.1 Å². The Kier molecular flexibility index (Phi) is 7.67. The lowest BCUT2D eigenvalue weighted by Gasteiger charge is -2.30. The Labute approximate surface area is 205 Å². The normalized spacial score (nSPS) is 12.0. The van der Waals surface area contributed by atoms with Gasteiger partial charge in [-0.1, -0.05) is 29.8 Å². The van der Waals surface area contributed by atoms with Gasteiger partial charge < -0.3 is 9.64 Å². The van der Waals surface area contributed by atoms with Crippen LogP contribution in [0.1, 0.15) is 36.8 Å². The third-order valence-corrected chi connectivity index (χ3v) is 6.04. The Morgan fingerprint density at radius 2 is 1.77 bits per heavy atom. The molecule has 0 bridgehead atoms. The molecule has 1 amide bonds. The molecule has 0 aliphatic carbocycles. The molecule has 2 aromatic heterocycles. The molecule has 0 fully saturated rings. The highest BCUT2D eigenvalue weighted by Gasteiger charge is 2.27. The highest BCUT2D eigenvalue weighted by molar-refractivity contribution is 5.80. The number of hydrogen-bond donors (Lipinski definition) is 0. The van der Waals surface area contributed by atoms with Crippen LogP contribution in [-0.2, 0) is 16.0 Å². The number of nitrogens with zero attached hydrogens (tertiary/aromatic N) is 4. The topological polar surface area (TPSA) is 77.3 Å². The van der Waals surface area contributed by atoms with Gasteiger partial charge in [0.05, 0.1) is 35.7 Å². The van der Waals surface area contributed by atoms with Crippen LogP contribution in [0.5, 0.6) is 0 Å². The first-order valence-corrected chi connectivity index (χ1v) is 11.8. The molecule has 1 unspecified atom stereocenters. The van der Waals surface area contributed by atoms with Crippen molar-refractivity contribution in [3.63, 3.8) is 0 Å². The Hall–Kier alpha value is -3.84. The van der Waals surface area contributed by atoms with E-state index in [4.69, 9.17) is 9.72 Å². The number of pyridine rings is 1. The van der Waals surface area contributed by atoms with E-state index < -0.39 is 6.04 Å². The Morgan fingerprint density at radius 1 is 1.06 bits per heavy atom. The van der Waals surface area contributed by atoms with E-state index in [-0.39, 0.29) is 17.9 Å². The van der Waals surface area contributed by atoms with E-state index in [0.717, 1.165) is 11.1 Å². The molecular weight excluding hydrogens is 440 g/mol. The summed E-state index contributed by atoms with van der Waals surface area (Å²) in [5.41, 5.74) is 3.13. The van der Waals surface area contributed by atoms with E-state index in [9.17, 15) is 9.59 Å². The maximum absolute atomic E-state index is 13.7. The minimum Gasteiger partial charge on any atom is -0.380 e. The van der Waals surface area contributed by atoms with Crippen molar-refractivity contribution in [2.75, 3.05) is 19.8 Å². The molecule has 0 N–H and O–H groups in total. The molecule has 4 aromatic rings. The second-order valence-electron chi connectivity index (χ2n) is 8.46. The lowest BCUT2D eigenvalue weighted by atomic mass is 10.1. The third kappa shape index (κ3) is 5.46. The summed E-state index contributed by atoms with van der Waals surface area (Å²) in [7, 11) is 0. The number of ether oxygens (including phenoxy) is 1. The van der Waals surface area contributed by atoms with E-state index in [1.807, 2.05) is 75.4 Å². The molecule has 0 saturated heterocycles. The molecule has 0 aliphatic heterocycles. The van der Waals surface area contributed by atoms with Crippen LogP contribution in [0.25, 0.3) is 16.6 Å². The second kappa shape index (κ2) is 11.1. The predicted octanol–water partition coefficient (Wildman–Crippen LogP) is 4.26. The van der Waals surface area contributed by atoms with E-state index in [1.54, 1.807) is 27.9 Å². The number of carbonyl (C=O) groups excluding carboxylic acids is 1. The van der Waals surface area contributed by atoms with Crippen molar-refractivity contribution in [2.45, 2.75) is 33.2 Å². The molecule has 0 spiro atoms. The summed E-state index contributed by atoms with van der Waals surface area (Å²) in [5.74, 6) is 0.443. The highest BCUT2D eigenvalue weighted by atomic mass is 16.5. The average Bonchev–Trinajstić information content (AvgIpc) is 2.87. The van der Waals surface area contributed by atoms with Gasteiger partial charge in [0.2, 0.25) is 5.91 Å². The molecule has 35 heavy (non-hydrogen) atoms. The van der Waals surface area contributed by atoms with Crippen molar-refractivity contribution >= 4 is 16.8 Å². The number of rotatable bonds is 9. The fourth-order valence-corrected chi connectivity index (χ4v) is 4.13. The molecule has 7 nitrogen and oxygen atoms in total. The lowest BCUT2D eigenvalue weighted by Crippen LogP contribution is -2.40. The van der Waals surface area contributed by atoms with E-state index in [2.05, 4.69) is 4.98 Å². The van der Waals surface area contributed by atoms with Crippen LogP contribution in [0.3, 0.4) is 0 Å². The van der Waals surface area contributed by atoms with Crippen LogP contribution in [0, 0.1) is 6.92 Å². The summed E-state index contributed by atoms with van der Waals surface area (Å²) < 4.78 is 7.20. The van der Waals surface area contributed by atoms with Gasteiger partial charge in [-0.05, 0) is 62.7 Å². The average molecular weight is 471 g/mol. The number of aryl methyl sites for hydroxylation is 1. The minimum absolute atomic E-state index is 0.0683. The fraction of sp³-hybridized carbons (Fsp3) is 0.286. The van der Waals surface area contributed by atoms with Crippen molar-refractivity contribution in [3.8, 4) is 5.69 Å². The lowest BCUT2D eigenvalue weighted by molar-refractivity contribution is -0.133. The summed E-state index contributed by atoms with van der Waals surface area (Å²) in [5, 5.41) is 0.535. The van der Waals surface area contributed by atoms with Crippen molar-refractivity contribution in [3.05, 3.63) is 100 Å². The van der Waals surface area contributed by atoms with E-state index in [1.165, 1.54) is 0 Å². The van der Waals surface area contributed by atoms with Crippen LogP contribution in [0.15, 0.2) is 77.9 Å². The van der Waals surface area contributed by atoms with Crippen LogP contribution in [0.4, 0.5) is 0 Å². The smallest absolute Gasteiger partial charge is 0.266 e. The Bertz CT molecular complexity index is 1350. The maximum atomic E-state index is 13.7. The number of para-hydroxylation sites is 1. The van der Waals surface area contributed by atoms with Gasteiger partial charge in [0.25, 0.3) is 5.56 Å². The van der Waals surface area contributed by atoms with Crippen LogP contribution in [0.2, 0.25) is 0 Å². The Balaban J connectivity index is 1.81. The fourth-order valence-electron chi connectivity index (χ4n) is 4.13. The number of carbonyl (C=O) groups is 1. The van der Waals surface area contributed by atoms with E-state index >= 15 is 0 Å². The van der Waals surface area contributed by atoms with Crippen LogP contribution >= 0.6 is 0 Å². The molecule has 2 aromatic carbocycles. The number of benzene rings is 2. The minimum atomic E-state index is -0.469. The standard InChI is InChI=1S/C28H30N4O3/c1-4-35-18-17-31(26(33)19-22-13-15-29-16-14-22)21(3)27-30-25-8-6-5-7-24(25)28(34)32(27)23-11-9-20(2)10-12-23/h5-16,21H,4,17-19H2,1-3H3. The summed E-state index contributed by atoms with van der Waals surface area (Å²) in [4.78, 5) is 37.8. The maximum Gasteiger partial charge on any atom is 0.266 e. The first kappa shape index (κ1) is 24.3. The number of amides is 1. The van der Waals surface area contributed by atoms with Crippen LogP contribution < -0.4 is 5.56 Å².